The fourth-order valence-corrected chi connectivity index (χ4v) is 1.82. The molecular formula is C14H18N2O. The highest BCUT2D eigenvalue weighted by Gasteiger charge is 2.04. The van der Waals surface area contributed by atoms with Gasteiger partial charge in [0.25, 0.3) is 0 Å². The molecule has 2 aromatic rings. The second-order valence-electron chi connectivity index (χ2n) is 4.27. The third-order valence-corrected chi connectivity index (χ3v) is 2.82. The van der Waals surface area contributed by atoms with Gasteiger partial charge >= 0.3 is 0 Å². The number of anilines is 1. The van der Waals surface area contributed by atoms with Crippen LogP contribution in [0.1, 0.15) is 11.3 Å². The Morgan fingerprint density at radius 1 is 1.18 bits per heavy atom. The van der Waals surface area contributed by atoms with Crippen molar-refractivity contribution in [2.45, 2.75) is 13.0 Å². The summed E-state index contributed by atoms with van der Waals surface area (Å²) in [5, 5.41) is 0. The van der Waals surface area contributed by atoms with Crippen molar-refractivity contribution in [2.75, 3.05) is 19.3 Å². The van der Waals surface area contributed by atoms with Gasteiger partial charge in [0.2, 0.25) is 0 Å². The number of benzene rings is 1. The zero-order valence-corrected chi connectivity index (χ0v) is 10.1. The number of nitrogens with zero attached hydrogens (tertiary/aromatic N) is 1. The second-order valence-corrected chi connectivity index (χ2v) is 4.27. The van der Waals surface area contributed by atoms with E-state index in [0.29, 0.717) is 0 Å². The molecule has 17 heavy (non-hydrogen) atoms. The van der Waals surface area contributed by atoms with Crippen molar-refractivity contribution >= 4 is 5.69 Å². The molecule has 1 aromatic carbocycles. The maximum atomic E-state index is 5.91. The van der Waals surface area contributed by atoms with Crippen LogP contribution in [0.25, 0.3) is 0 Å². The molecule has 3 nitrogen and oxygen atoms in total. The van der Waals surface area contributed by atoms with Gasteiger partial charge in [0.15, 0.2) is 0 Å². The van der Waals surface area contributed by atoms with Crippen molar-refractivity contribution in [3.63, 3.8) is 0 Å². The quantitative estimate of drug-likeness (QED) is 0.803. The molecule has 2 rings (SSSR count). The highest BCUT2D eigenvalue weighted by molar-refractivity contribution is 5.46. The topological polar surface area (TPSA) is 42.4 Å². The Labute approximate surface area is 102 Å². The van der Waals surface area contributed by atoms with Crippen LogP contribution in [0.4, 0.5) is 5.69 Å². The first-order valence-electron chi connectivity index (χ1n) is 5.80. The standard InChI is InChI=1S/C14H18N2O/c1-16(11-13-6-4-10-17-13)9-8-12-5-2-3-7-14(12)15/h2-7,10H,8-9,11,15H2,1H3. The van der Waals surface area contributed by atoms with Crippen molar-refractivity contribution in [3.05, 3.63) is 54.0 Å². The van der Waals surface area contributed by atoms with E-state index >= 15 is 0 Å². The zero-order chi connectivity index (χ0) is 12.1. The molecule has 0 fully saturated rings. The molecule has 0 spiro atoms. The van der Waals surface area contributed by atoms with Crippen LogP contribution in [0.2, 0.25) is 0 Å². The average molecular weight is 230 g/mol. The van der Waals surface area contributed by atoms with Gasteiger partial charge in [-0.15, -0.1) is 0 Å². The lowest BCUT2D eigenvalue weighted by atomic mass is 10.1. The molecule has 90 valence electrons. The van der Waals surface area contributed by atoms with E-state index in [1.165, 1.54) is 5.56 Å². The molecule has 2 N–H and O–H groups in total. The number of furan rings is 1. The summed E-state index contributed by atoms with van der Waals surface area (Å²) in [5.74, 6) is 0.994. The smallest absolute Gasteiger partial charge is 0.117 e. The van der Waals surface area contributed by atoms with Crippen molar-refractivity contribution < 1.29 is 4.42 Å². The second kappa shape index (κ2) is 5.55. The molecule has 0 saturated heterocycles. The maximum absolute atomic E-state index is 5.91. The maximum Gasteiger partial charge on any atom is 0.117 e. The molecule has 1 aromatic heterocycles. The molecule has 0 bridgehead atoms. The number of para-hydroxylation sites is 1. The Morgan fingerprint density at radius 2 is 2.00 bits per heavy atom. The highest BCUT2D eigenvalue weighted by atomic mass is 16.3. The predicted molar refractivity (Wildman–Crippen MR) is 69.6 cm³/mol. The first kappa shape index (κ1) is 11.7. The van der Waals surface area contributed by atoms with Crippen molar-refractivity contribution in [1.82, 2.24) is 4.90 Å². The molecule has 0 aliphatic rings. The Bertz CT molecular complexity index is 451. The summed E-state index contributed by atoms with van der Waals surface area (Å²) in [6.07, 6.45) is 2.67. The Kier molecular flexibility index (Phi) is 3.83. The van der Waals surface area contributed by atoms with Crippen LogP contribution in [0.5, 0.6) is 0 Å². The lowest BCUT2D eigenvalue weighted by Gasteiger charge is -2.15. The van der Waals surface area contributed by atoms with Crippen LogP contribution in [0.3, 0.4) is 0 Å². The molecule has 0 saturated carbocycles. The SMILES string of the molecule is CN(CCc1ccccc1N)Cc1ccco1. The van der Waals surface area contributed by atoms with E-state index < -0.39 is 0 Å². The summed E-state index contributed by atoms with van der Waals surface area (Å²) in [6, 6.07) is 11.9. The van der Waals surface area contributed by atoms with Crippen LogP contribution in [0, 0.1) is 0 Å². The minimum absolute atomic E-state index is 0.833. The van der Waals surface area contributed by atoms with Crippen LogP contribution in [0.15, 0.2) is 47.1 Å². The summed E-state index contributed by atoms with van der Waals surface area (Å²) >= 11 is 0. The largest absolute Gasteiger partial charge is 0.468 e. The van der Waals surface area contributed by atoms with Crippen LogP contribution < -0.4 is 5.73 Å². The fraction of sp³-hybridized carbons (Fsp3) is 0.286. The summed E-state index contributed by atoms with van der Waals surface area (Å²) in [7, 11) is 2.08. The number of likely N-dealkylation sites (N-methyl/N-ethyl adjacent to an activating group) is 1. The lowest BCUT2D eigenvalue weighted by Crippen LogP contribution is -2.20. The van der Waals surface area contributed by atoms with E-state index in [1.54, 1.807) is 6.26 Å². The molecule has 0 amide bonds. The summed E-state index contributed by atoms with van der Waals surface area (Å²) in [6.45, 7) is 1.80. The number of hydrogen-bond acceptors (Lipinski definition) is 3. The van der Waals surface area contributed by atoms with Gasteiger partial charge in [0, 0.05) is 12.2 Å². The van der Waals surface area contributed by atoms with Crippen LogP contribution >= 0.6 is 0 Å². The third kappa shape index (κ3) is 3.36. The first-order chi connectivity index (χ1) is 8.25. The van der Waals surface area contributed by atoms with Gasteiger partial charge in [-0.2, -0.15) is 0 Å². The highest BCUT2D eigenvalue weighted by Crippen LogP contribution is 2.12. The number of nitrogen functional groups attached to an aromatic ring is 1. The van der Waals surface area contributed by atoms with E-state index in [1.807, 2.05) is 30.3 Å². The van der Waals surface area contributed by atoms with Crippen LogP contribution in [-0.2, 0) is 13.0 Å². The summed E-state index contributed by atoms with van der Waals surface area (Å²) in [4.78, 5) is 2.23. The lowest BCUT2D eigenvalue weighted by molar-refractivity contribution is 0.298. The first-order valence-corrected chi connectivity index (χ1v) is 5.80. The van der Waals surface area contributed by atoms with E-state index in [0.717, 1.165) is 31.0 Å². The van der Waals surface area contributed by atoms with Crippen molar-refractivity contribution in [2.24, 2.45) is 0 Å². The van der Waals surface area contributed by atoms with Gasteiger partial charge in [-0.3, -0.25) is 4.90 Å². The molecule has 3 heteroatoms. The zero-order valence-electron chi connectivity index (χ0n) is 10.1. The molecule has 0 aliphatic carbocycles. The molecule has 0 radical (unpaired) electrons. The van der Waals surface area contributed by atoms with Gasteiger partial charge in [0.1, 0.15) is 5.76 Å². The normalized spacial score (nSPS) is 10.9. The third-order valence-electron chi connectivity index (χ3n) is 2.82. The molecular weight excluding hydrogens is 212 g/mol. The number of rotatable bonds is 5. The van der Waals surface area contributed by atoms with Gasteiger partial charge in [-0.25, -0.2) is 0 Å². The van der Waals surface area contributed by atoms with Crippen molar-refractivity contribution in [1.29, 1.82) is 0 Å². The molecule has 1 heterocycles. The minimum Gasteiger partial charge on any atom is -0.468 e. The van der Waals surface area contributed by atoms with E-state index in [4.69, 9.17) is 10.2 Å². The molecule has 0 aliphatic heterocycles. The fourth-order valence-electron chi connectivity index (χ4n) is 1.82. The minimum atomic E-state index is 0.833. The van der Waals surface area contributed by atoms with E-state index in [2.05, 4.69) is 18.0 Å². The van der Waals surface area contributed by atoms with E-state index in [-0.39, 0.29) is 0 Å². The Morgan fingerprint density at radius 3 is 2.71 bits per heavy atom. The summed E-state index contributed by atoms with van der Waals surface area (Å²) in [5.41, 5.74) is 7.99. The van der Waals surface area contributed by atoms with Gasteiger partial charge < -0.3 is 10.2 Å². The van der Waals surface area contributed by atoms with Gasteiger partial charge in [0.05, 0.1) is 12.8 Å². The monoisotopic (exact) mass is 230 g/mol. The molecule has 0 unspecified atom stereocenters. The average Bonchev–Trinajstić information content (AvgIpc) is 2.81. The predicted octanol–water partition coefficient (Wildman–Crippen LogP) is 2.54. The molecule has 0 atom stereocenters. The number of nitrogens with two attached hydrogens (primary N) is 1. The van der Waals surface area contributed by atoms with Gasteiger partial charge in [-0.05, 0) is 37.2 Å². The Hall–Kier alpha value is -1.74. The van der Waals surface area contributed by atoms with Gasteiger partial charge in [-0.1, -0.05) is 18.2 Å². The number of hydrogen-bond donors (Lipinski definition) is 1. The van der Waals surface area contributed by atoms with Crippen molar-refractivity contribution in [3.8, 4) is 0 Å². The summed E-state index contributed by atoms with van der Waals surface area (Å²) < 4.78 is 5.31. The van der Waals surface area contributed by atoms with Crippen LogP contribution in [-0.4, -0.2) is 18.5 Å². The Balaban J connectivity index is 1.84. The van der Waals surface area contributed by atoms with E-state index in [9.17, 15) is 0 Å².